The maximum absolute atomic E-state index is 10.4. The first kappa shape index (κ1) is 25.8. The largest absolute Gasteiger partial charge is 0.508 e. The van der Waals surface area contributed by atoms with Gasteiger partial charge in [0, 0.05) is 30.8 Å². The summed E-state index contributed by atoms with van der Waals surface area (Å²) < 4.78 is 0. The van der Waals surface area contributed by atoms with Gasteiger partial charge in [0.05, 0.1) is 5.69 Å². The lowest BCUT2D eigenvalue weighted by Crippen LogP contribution is -2.28. The number of allylic oxidation sites excluding steroid dienone is 2. The topological polar surface area (TPSA) is 45.1 Å². The van der Waals surface area contributed by atoms with Crippen molar-refractivity contribution in [2.75, 3.05) is 0 Å². The molecule has 0 amide bonds. The van der Waals surface area contributed by atoms with Gasteiger partial charge in [0.2, 0.25) is 0 Å². The molecule has 37 heavy (non-hydrogen) atoms. The number of phenolic OH excluding ortho intramolecular Hbond substituents is 1. The highest BCUT2D eigenvalue weighted by atomic mass is 16.3. The molecule has 3 heteroatoms. The highest BCUT2D eigenvalue weighted by molar-refractivity contribution is 5.99. The average molecular weight is 495 g/mol. The first-order valence-corrected chi connectivity index (χ1v) is 14.5. The first-order chi connectivity index (χ1) is 18.1. The number of nitrogens with one attached hydrogen (secondary N) is 1. The van der Waals surface area contributed by atoms with Gasteiger partial charge in [-0.25, -0.2) is 0 Å². The van der Waals surface area contributed by atoms with Crippen molar-refractivity contribution < 1.29 is 5.11 Å². The lowest BCUT2D eigenvalue weighted by Gasteiger charge is -2.29. The number of phenols is 1. The highest BCUT2D eigenvalue weighted by Gasteiger charge is 2.36. The number of fused-ring (bicyclic) bond motifs is 1. The van der Waals surface area contributed by atoms with Crippen LogP contribution in [0, 0.1) is 29.6 Å². The average Bonchev–Trinajstić information content (AvgIpc) is 3.63. The fourth-order valence-electron chi connectivity index (χ4n) is 6.52. The predicted molar refractivity (Wildman–Crippen MR) is 154 cm³/mol. The summed E-state index contributed by atoms with van der Waals surface area (Å²) in [7, 11) is 0. The van der Waals surface area contributed by atoms with E-state index in [1.54, 1.807) is 0 Å². The minimum atomic E-state index is 0.346. The third kappa shape index (κ3) is 5.86. The van der Waals surface area contributed by atoms with Gasteiger partial charge in [-0.3, -0.25) is 4.98 Å². The smallest absolute Gasteiger partial charge is 0.115 e. The van der Waals surface area contributed by atoms with Crippen molar-refractivity contribution in [2.45, 2.75) is 90.1 Å². The zero-order valence-electron chi connectivity index (χ0n) is 22.6. The first-order valence-electron chi connectivity index (χ1n) is 14.5. The monoisotopic (exact) mass is 494 g/mol. The molecule has 3 nitrogen and oxygen atoms in total. The Balaban J connectivity index is 1.53. The molecule has 5 rings (SSSR count). The number of hydrogen-bond acceptors (Lipinski definition) is 3. The molecule has 2 aromatic rings. The zero-order valence-corrected chi connectivity index (χ0v) is 22.6. The van der Waals surface area contributed by atoms with Crippen molar-refractivity contribution in [2.24, 2.45) is 17.8 Å². The van der Waals surface area contributed by atoms with Crippen LogP contribution in [0.2, 0.25) is 0 Å². The molecule has 1 aromatic heterocycles. The van der Waals surface area contributed by atoms with E-state index in [0.29, 0.717) is 29.5 Å². The molecule has 194 valence electrons. The SMILES string of the molecule is C=CC(NCc1ccc(C2=C(C#CCCC)c3ccc(O)cc3C(C)C(C3CCCC3)C2)nc1)C1CC1. The summed E-state index contributed by atoms with van der Waals surface area (Å²) in [6, 6.07) is 10.7. The molecule has 2 fully saturated rings. The van der Waals surface area contributed by atoms with Gasteiger partial charge in [-0.2, -0.15) is 0 Å². The molecular weight excluding hydrogens is 452 g/mol. The number of hydrogen-bond donors (Lipinski definition) is 2. The number of nitrogens with zero attached hydrogens (tertiary/aromatic N) is 1. The van der Waals surface area contributed by atoms with Gasteiger partial charge in [-0.1, -0.05) is 63.5 Å². The maximum Gasteiger partial charge on any atom is 0.115 e. The van der Waals surface area contributed by atoms with Crippen LogP contribution in [0.15, 0.2) is 49.2 Å². The van der Waals surface area contributed by atoms with Crippen molar-refractivity contribution in [1.29, 1.82) is 0 Å². The third-order valence-electron chi connectivity index (χ3n) is 8.83. The van der Waals surface area contributed by atoms with E-state index in [9.17, 15) is 5.11 Å². The van der Waals surface area contributed by atoms with Crippen LogP contribution in [0.5, 0.6) is 5.75 Å². The Morgan fingerprint density at radius 1 is 1.16 bits per heavy atom. The number of aromatic nitrogens is 1. The minimum Gasteiger partial charge on any atom is -0.508 e. The van der Waals surface area contributed by atoms with Gasteiger partial charge in [0.1, 0.15) is 5.75 Å². The van der Waals surface area contributed by atoms with E-state index in [4.69, 9.17) is 4.98 Å². The molecule has 3 atom stereocenters. The number of aromatic hydroxyl groups is 1. The Morgan fingerprint density at radius 2 is 1.97 bits per heavy atom. The standard InChI is InChI=1S/C34H42N2O/c1-4-6-7-12-28-29-17-16-27(37)19-31(29)23(3)30(25-10-8-9-11-25)20-32(28)34-18-13-24(22-36-34)21-35-33(5-2)26-14-15-26/h5,13,16-19,22-23,25-26,30,33,35,37H,2,4,6,8-11,14-15,20-21H2,1,3H3. The van der Waals surface area contributed by atoms with E-state index in [0.717, 1.165) is 43.0 Å². The van der Waals surface area contributed by atoms with Gasteiger partial charge in [-0.15, -0.1) is 6.58 Å². The quantitative estimate of drug-likeness (QED) is 0.290. The summed E-state index contributed by atoms with van der Waals surface area (Å²) in [5.74, 6) is 9.72. The summed E-state index contributed by atoms with van der Waals surface area (Å²) in [6.45, 7) is 9.36. The number of pyridine rings is 1. The van der Waals surface area contributed by atoms with Crippen LogP contribution in [0.1, 0.15) is 99.9 Å². The van der Waals surface area contributed by atoms with Crippen molar-refractivity contribution in [1.82, 2.24) is 10.3 Å². The molecule has 3 aliphatic carbocycles. The highest BCUT2D eigenvalue weighted by Crippen LogP contribution is 2.49. The second kappa shape index (κ2) is 11.7. The molecule has 2 N–H and O–H groups in total. The summed E-state index contributed by atoms with van der Waals surface area (Å²) in [6.07, 6.45) is 14.9. The Morgan fingerprint density at radius 3 is 2.65 bits per heavy atom. The molecular formula is C34H42N2O. The lowest BCUT2D eigenvalue weighted by molar-refractivity contribution is 0.301. The second-order valence-corrected chi connectivity index (χ2v) is 11.4. The Kier molecular flexibility index (Phi) is 8.16. The van der Waals surface area contributed by atoms with Gasteiger partial charge in [0.15, 0.2) is 0 Å². The molecule has 0 aliphatic heterocycles. The predicted octanol–water partition coefficient (Wildman–Crippen LogP) is 7.87. The molecule has 0 spiro atoms. The van der Waals surface area contributed by atoms with E-state index in [1.165, 1.54) is 60.8 Å². The zero-order chi connectivity index (χ0) is 25.8. The fraction of sp³-hybridized carbons (Fsp3) is 0.500. The van der Waals surface area contributed by atoms with Crippen LogP contribution in [0.25, 0.3) is 11.1 Å². The van der Waals surface area contributed by atoms with Gasteiger partial charge < -0.3 is 10.4 Å². The number of benzene rings is 1. The molecule has 3 unspecified atom stereocenters. The lowest BCUT2D eigenvalue weighted by atomic mass is 9.75. The second-order valence-electron chi connectivity index (χ2n) is 11.4. The van der Waals surface area contributed by atoms with Crippen molar-refractivity contribution >= 4 is 11.1 Å². The molecule has 0 radical (unpaired) electrons. The van der Waals surface area contributed by atoms with E-state index in [-0.39, 0.29) is 0 Å². The van der Waals surface area contributed by atoms with Crippen LogP contribution < -0.4 is 5.32 Å². The molecule has 2 saturated carbocycles. The summed E-state index contributed by atoms with van der Waals surface area (Å²) >= 11 is 0. The van der Waals surface area contributed by atoms with E-state index >= 15 is 0 Å². The van der Waals surface area contributed by atoms with Crippen molar-refractivity contribution in [3.05, 3.63) is 71.6 Å². The van der Waals surface area contributed by atoms with Gasteiger partial charge in [0.25, 0.3) is 0 Å². The number of unbranched alkanes of at least 4 members (excludes halogenated alkanes) is 1. The normalized spacial score (nSPS) is 22.6. The van der Waals surface area contributed by atoms with Crippen LogP contribution in [0.4, 0.5) is 0 Å². The van der Waals surface area contributed by atoms with Gasteiger partial charge in [-0.05, 0) is 95.9 Å². The van der Waals surface area contributed by atoms with Crippen molar-refractivity contribution in [3.63, 3.8) is 0 Å². The van der Waals surface area contributed by atoms with Crippen molar-refractivity contribution in [3.8, 4) is 17.6 Å². The van der Waals surface area contributed by atoms with E-state index in [2.05, 4.69) is 61.9 Å². The van der Waals surface area contributed by atoms with E-state index in [1.807, 2.05) is 18.3 Å². The van der Waals surface area contributed by atoms with Crippen LogP contribution >= 0.6 is 0 Å². The summed E-state index contributed by atoms with van der Waals surface area (Å²) in [4.78, 5) is 5.02. The maximum atomic E-state index is 10.4. The van der Waals surface area contributed by atoms with Gasteiger partial charge >= 0.3 is 0 Å². The Labute approximate surface area is 223 Å². The fourth-order valence-corrected chi connectivity index (χ4v) is 6.52. The molecule has 1 aromatic carbocycles. The Hall–Kier alpha value is -2.83. The summed E-state index contributed by atoms with van der Waals surface area (Å²) in [5, 5.41) is 14.1. The molecule has 1 heterocycles. The van der Waals surface area contributed by atoms with E-state index < -0.39 is 0 Å². The van der Waals surface area contributed by atoms with Crippen LogP contribution in [-0.2, 0) is 6.54 Å². The number of rotatable bonds is 8. The summed E-state index contributed by atoms with van der Waals surface area (Å²) in [5.41, 5.74) is 7.05. The minimum absolute atomic E-state index is 0.346. The molecule has 3 aliphatic rings. The third-order valence-corrected chi connectivity index (χ3v) is 8.83. The molecule has 0 bridgehead atoms. The Bertz CT molecular complexity index is 1190. The van der Waals surface area contributed by atoms with Crippen LogP contribution in [-0.4, -0.2) is 16.1 Å². The molecule has 0 saturated heterocycles. The van der Waals surface area contributed by atoms with Crippen LogP contribution in [0.3, 0.4) is 0 Å².